The van der Waals surface area contributed by atoms with E-state index < -0.39 is 0 Å². The van der Waals surface area contributed by atoms with Gasteiger partial charge >= 0.3 is 0 Å². The van der Waals surface area contributed by atoms with Gasteiger partial charge in [0.05, 0.1) is 5.56 Å². The number of benzene rings is 2. The second kappa shape index (κ2) is 7.83. The van der Waals surface area contributed by atoms with E-state index in [4.69, 9.17) is 10.5 Å². The first-order chi connectivity index (χ1) is 12.1. The van der Waals surface area contributed by atoms with Crippen LogP contribution in [0.25, 0.3) is 0 Å². The predicted molar refractivity (Wildman–Crippen MR) is 95.0 cm³/mol. The van der Waals surface area contributed by atoms with Crippen molar-refractivity contribution < 1.29 is 14.3 Å². The second-order valence-corrected chi connectivity index (χ2v) is 6.24. The van der Waals surface area contributed by atoms with Crippen LogP contribution in [0.1, 0.15) is 28.8 Å². The number of carbonyl (C=O) groups excluding carboxylic acids is 2. The van der Waals surface area contributed by atoms with Gasteiger partial charge in [0.25, 0.3) is 5.91 Å². The Labute approximate surface area is 147 Å². The Morgan fingerprint density at radius 2 is 1.64 bits per heavy atom. The lowest BCUT2D eigenvalue weighted by atomic mass is 9.96. The lowest BCUT2D eigenvalue weighted by Gasteiger charge is -2.31. The Kier molecular flexibility index (Phi) is 5.33. The summed E-state index contributed by atoms with van der Waals surface area (Å²) in [7, 11) is 0. The molecule has 0 bridgehead atoms. The average Bonchev–Trinajstić information content (AvgIpc) is 2.67. The molecule has 5 nitrogen and oxygen atoms in total. The van der Waals surface area contributed by atoms with Crippen LogP contribution in [0.2, 0.25) is 0 Å². The van der Waals surface area contributed by atoms with Gasteiger partial charge in [-0.05, 0) is 30.5 Å². The Morgan fingerprint density at radius 3 is 2.32 bits per heavy atom. The van der Waals surface area contributed by atoms with E-state index in [-0.39, 0.29) is 17.7 Å². The molecule has 0 unspecified atom stereocenters. The van der Waals surface area contributed by atoms with Crippen molar-refractivity contribution in [3.8, 4) is 5.75 Å². The van der Waals surface area contributed by atoms with Crippen molar-refractivity contribution >= 4 is 11.8 Å². The zero-order chi connectivity index (χ0) is 17.6. The maximum atomic E-state index is 12.8. The number of ether oxygens (including phenoxy) is 1. The number of nitrogens with two attached hydrogens (primary N) is 1. The SMILES string of the molecule is NC(=O)C1CCN(C(=O)c2ccccc2OCc2ccccc2)CC1. The summed E-state index contributed by atoms with van der Waals surface area (Å²) >= 11 is 0. The van der Waals surface area contributed by atoms with Gasteiger partial charge in [0, 0.05) is 19.0 Å². The number of carbonyl (C=O) groups is 2. The number of likely N-dealkylation sites (tertiary alicyclic amines) is 1. The van der Waals surface area contributed by atoms with Gasteiger partial charge < -0.3 is 15.4 Å². The first kappa shape index (κ1) is 17.0. The number of piperidine rings is 1. The Hall–Kier alpha value is -2.82. The van der Waals surface area contributed by atoms with Crippen molar-refractivity contribution in [2.24, 2.45) is 11.7 Å². The summed E-state index contributed by atoms with van der Waals surface area (Å²) in [4.78, 5) is 25.9. The van der Waals surface area contributed by atoms with E-state index in [1.165, 1.54) is 0 Å². The summed E-state index contributed by atoms with van der Waals surface area (Å²) in [5.41, 5.74) is 6.96. The minimum atomic E-state index is -0.279. The molecule has 0 saturated carbocycles. The topological polar surface area (TPSA) is 72.6 Å². The minimum Gasteiger partial charge on any atom is -0.488 e. The molecule has 1 saturated heterocycles. The van der Waals surface area contributed by atoms with Crippen LogP contribution in [0.5, 0.6) is 5.75 Å². The van der Waals surface area contributed by atoms with E-state index >= 15 is 0 Å². The molecule has 0 aromatic heterocycles. The number of hydrogen-bond donors (Lipinski definition) is 1. The van der Waals surface area contributed by atoms with Crippen molar-refractivity contribution in [2.45, 2.75) is 19.4 Å². The molecule has 0 atom stereocenters. The van der Waals surface area contributed by atoms with Crippen LogP contribution in [0.4, 0.5) is 0 Å². The fourth-order valence-electron chi connectivity index (χ4n) is 3.04. The molecule has 1 fully saturated rings. The molecule has 2 amide bonds. The van der Waals surface area contributed by atoms with Gasteiger partial charge in [-0.1, -0.05) is 42.5 Å². The highest BCUT2D eigenvalue weighted by Gasteiger charge is 2.27. The molecule has 0 spiro atoms. The van der Waals surface area contributed by atoms with E-state index in [9.17, 15) is 9.59 Å². The fraction of sp³-hybridized carbons (Fsp3) is 0.300. The fourth-order valence-corrected chi connectivity index (χ4v) is 3.04. The van der Waals surface area contributed by atoms with Crippen LogP contribution < -0.4 is 10.5 Å². The number of rotatable bonds is 5. The first-order valence-corrected chi connectivity index (χ1v) is 8.49. The number of amides is 2. The third-order valence-electron chi connectivity index (χ3n) is 4.54. The summed E-state index contributed by atoms with van der Waals surface area (Å²) in [6.07, 6.45) is 1.24. The number of primary amides is 1. The van der Waals surface area contributed by atoms with Gasteiger partial charge in [-0.2, -0.15) is 0 Å². The molecular weight excluding hydrogens is 316 g/mol. The number of hydrogen-bond acceptors (Lipinski definition) is 3. The molecule has 130 valence electrons. The zero-order valence-electron chi connectivity index (χ0n) is 14.1. The first-order valence-electron chi connectivity index (χ1n) is 8.49. The predicted octanol–water partition coefficient (Wildman–Crippen LogP) is 2.60. The van der Waals surface area contributed by atoms with Crippen LogP contribution in [0.15, 0.2) is 54.6 Å². The van der Waals surface area contributed by atoms with Gasteiger partial charge in [0.15, 0.2) is 0 Å². The largest absolute Gasteiger partial charge is 0.488 e. The van der Waals surface area contributed by atoms with Gasteiger partial charge in [0.2, 0.25) is 5.91 Å². The average molecular weight is 338 g/mol. The molecule has 0 aliphatic carbocycles. The highest BCUT2D eigenvalue weighted by molar-refractivity contribution is 5.97. The molecule has 1 aliphatic rings. The monoisotopic (exact) mass is 338 g/mol. The van der Waals surface area contributed by atoms with Crippen LogP contribution in [-0.4, -0.2) is 29.8 Å². The maximum absolute atomic E-state index is 12.8. The lowest BCUT2D eigenvalue weighted by Crippen LogP contribution is -2.41. The second-order valence-electron chi connectivity index (χ2n) is 6.24. The van der Waals surface area contributed by atoms with Crippen LogP contribution in [0, 0.1) is 5.92 Å². The molecule has 2 N–H and O–H groups in total. The van der Waals surface area contributed by atoms with Crippen LogP contribution in [-0.2, 0) is 11.4 Å². The highest BCUT2D eigenvalue weighted by Crippen LogP contribution is 2.24. The Balaban J connectivity index is 1.68. The third kappa shape index (κ3) is 4.18. The van der Waals surface area contributed by atoms with E-state index in [1.807, 2.05) is 48.5 Å². The van der Waals surface area contributed by atoms with E-state index in [2.05, 4.69) is 0 Å². The quantitative estimate of drug-likeness (QED) is 0.911. The Bertz CT molecular complexity index is 738. The maximum Gasteiger partial charge on any atom is 0.257 e. The normalized spacial score (nSPS) is 15.0. The van der Waals surface area contributed by atoms with Gasteiger partial charge in [-0.3, -0.25) is 9.59 Å². The van der Waals surface area contributed by atoms with Gasteiger partial charge in [-0.25, -0.2) is 0 Å². The van der Waals surface area contributed by atoms with Crippen molar-refractivity contribution in [3.63, 3.8) is 0 Å². The van der Waals surface area contributed by atoms with Crippen LogP contribution in [0.3, 0.4) is 0 Å². The molecule has 3 rings (SSSR count). The molecule has 2 aromatic rings. The molecule has 25 heavy (non-hydrogen) atoms. The van der Waals surface area contributed by atoms with Crippen LogP contribution >= 0.6 is 0 Å². The van der Waals surface area contributed by atoms with Crippen molar-refractivity contribution in [1.29, 1.82) is 0 Å². The molecule has 5 heteroatoms. The lowest BCUT2D eigenvalue weighted by molar-refractivity contribution is -0.123. The van der Waals surface area contributed by atoms with Crippen molar-refractivity contribution in [2.75, 3.05) is 13.1 Å². The highest BCUT2D eigenvalue weighted by atomic mass is 16.5. The van der Waals surface area contributed by atoms with Crippen molar-refractivity contribution in [3.05, 3.63) is 65.7 Å². The molecule has 1 heterocycles. The number of nitrogens with zero attached hydrogens (tertiary/aromatic N) is 1. The third-order valence-corrected chi connectivity index (χ3v) is 4.54. The van der Waals surface area contributed by atoms with E-state index in [1.54, 1.807) is 11.0 Å². The Morgan fingerprint density at radius 1 is 1.00 bits per heavy atom. The van der Waals surface area contributed by atoms with Crippen molar-refractivity contribution in [1.82, 2.24) is 4.90 Å². The number of para-hydroxylation sites is 1. The standard InChI is InChI=1S/C20H22N2O3/c21-19(23)16-10-12-22(13-11-16)20(24)17-8-4-5-9-18(17)25-14-15-6-2-1-3-7-15/h1-9,16H,10-14H2,(H2,21,23). The summed E-state index contributed by atoms with van der Waals surface area (Å²) in [6, 6.07) is 17.1. The molecule has 2 aromatic carbocycles. The summed E-state index contributed by atoms with van der Waals surface area (Å²) in [5.74, 6) is 0.104. The van der Waals surface area contributed by atoms with E-state index in [0.29, 0.717) is 43.9 Å². The molecule has 0 radical (unpaired) electrons. The van der Waals surface area contributed by atoms with E-state index in [0.717, 1.165) is 5.56 Å². The smallest absolute Gasteiger partial charge is 0.257 e. The summed E-state index contributed by atoms with van der Waals surface area (Å²) < 4.78 is 5.87. The van der Waals surface area contributed by atoms with Gasteiger partial charge in [0.1, 0.15) is 12.4 Å². The summed E-state index contributed by atoms with van der Waals surface area (Å²) in [6.45, 7) is 1.49. The van der Waals surface area contributed by atoms with Gasteiger partial charge in [-0.15, -0.1) is 0 Å². The molecule has 1 aliphatic heterocycles. The summed E-state index contributed by atoms with van der Waals surface area (Å²) in [5, 5.41) is 0. The zero-order valence-corrected chi connectivity index (χ0v) is 14.1. The minimum absolute atomic E-state index is 0.0633. The molecular formula is C20H22N2O3.